The molecule has 1 aliphatic carbocycles. The van der Waals surface area contributed by atoms with Gasteiger partial charge in [0.2, 0.25) is 10.0 Å². The van der Waals surface area contributed by atoms with Crippen LogP contribution in [0, 0.1) is 12.8 Å². The van der Waals surface area contributed by atoms with Crippen molar-refractivity contribution in [3.05, 3.63) is 23.8 Å². The molecule has 0 spiro atoms. The summed E-state index contributed by atoms with van der Waals surface area (Å²) in [5.41, 5.74) is 1.19. The van der Waals surface area contributed by atoms with E-state index in [9.17, 15) is 13.2 Å². The van der Waals surface area contributed by atoms with E-state index in [0.29, 0.717) is 23.8 Å². The number of rotatable bonds is 5. The average molecular weight is 381 g/mol. The third-order valence-corrected chi connectivity index (χ3v) is 7.48. The molecular weight excluding hydrogens is 350 g/mol. The Kier molecular flexibility index (Phi) is 5.99. The van der Waals surface area contributed by atoms with Gasteiger partial charge < -0.3 is 10.2 Å². The van der Waals surface area contributed by atoms with Crippen molar-refractivity contribution in [1.29, 1.82) is 0 Å². The van der Waals surface area contributed by atoms with Crippen LogP contribution >= 0.6 is 0 Å². The Bertz CT molecular complexity index is 761. The van der Waals surface area contributed by atoms with Crippen LogP contribution in [0.25, 0.3) is 0 Å². The smallest absolute Gasteiger partial charge is 0.279 e. The molecule has 7 heteroatoms. The minimum atomic E-state index is -3.54. The SMILES string of the molecule is CNS(=O)(=O)c1cc(NC(=O)C[NH+]2CCC[C@H]3CCCC[C@@H]32)ccc1C. The van der Waals surface area contributed by atoms with Gasteiger partial charge in [-0.1, -0.05) is 12.5 Å². The van der Waals surface area contributed by atoms with E-state index in [2.05, 4.69) is 10.0 Å². The number of aryl methyl sites for hydroxylation is 1. The molecule has 1 unspecified atom stereocenters. The van der Waals surface area contributed by atoms with Crippen LogP contribution in [-0.4, -0.2) is 40.5 Å². The Hall–Kier alpha value is -1.44. The van der Waals surface area contributed by atoms with Crippen LogP contribution in [-0.2, 0) is 14.8 Å². The van der Waals surface area contributed by atoms with Gasteiger partial charge in [-0.3, -0.25) is 4.79 Å². The number of amides is 1. The van der Waals surface area contributed by atoms with Gasteiger partial charge in [0.25, 0.3) is 5.91 Å². The summed E-state index contributed by atoms with van der Waals surface area (Å²) in [4.78, 5) is 14.2. The first-order valence-electron chi connectivity index (χ1n) is 9.59. The van der Waals surface area contributed by atoms with E-state index >= 15 is 0 Å². The average Bonchev–Trinajstić information content (AvgIpc) is 2.63. The van der Waals surface area contributed by atoms with Gasteiger partial charge in [0.05, 0.1) is 17.5 Å². The Morgan fingerprint density at radius 1 is 1.19 bits per heavy atom. The van der Waals surface area contributed by atoms with E-state index in [4.69, 9.17) is 0 Å². The van der Waals surface area contributed by atoms with Crippen LogP contribution < -0.4 is 14.9 Å². The number of anilines is 1. The van der Waals surface area contributed by atoms with Gasteiger partial charge >= 0.3 is 0 Å². The van der Waals surface area contributed by atoms with Crippen LogP contribution in [0.4, 0.5) is 5.69 Å². The molecule has 3 N–H and O–H groups in total. The number of sulfonamides is 1. The number of piperidine rings is 1. The lowest BCUT2D eigenvalue weighted by Gasteiger charge is -2.40. The van der Waals surface area contributed by atoms with Gasteiger partial charge in [0.15, 0.2) is 6.54 Å². The van der Waals surface area contributed by atoms with Crippen molar-refractivity contribution in [3.63, 3.8) is 0 Å². The lowest BCUT2D eigenvalue weighted by Crippen LogP contribution is -3.18. The first-order chi connectivity index (χ1) is 12.4. The van der Waals surface area contributed by atoms with Gasteiger partial charge in [-0.2, -0.15) is 0 Å². The summed E-state index contributed by atoms with van der Waals surface area (Å²) >= 11 is 0. The summed E-state index contributed by atoms with van der Waals surface area (Å²) in [6.45, 7) is 3.27. The lowest BCUT2D eigenvalue weighted by atomic mass is 9.78. The van der Waals surface area contributed by atoms with Crippen LogP contribution in [0.1, 0.15) is 44.1 Å². The van der Waals surface area contributed by atoms with E-state index in [1.54, 1.807) is 19.1 Å². The molecule has 2 fully saturated rings. The fourth-order valence-corrected chi connectivity index (χ4v) is 5.57. The first-order valence-corrected chi connectivity index (χ1v) is 11.1. The Labute approximate surface area is 156 Å². The Balaban J connectivity index is 1.67. The largest absolute Gasteiger partial charge is 0.324 e. The topological polar surface area (TPSA) is 79.7 Å². The number of carbonyl (C=O) groups excluding carboxylic acids is 1. The zero-order valence-electron chi connectivity index (χ0n) is 15.7. The first kappa shape index (κ1) is 19.3. The molecule has 1 aromatic rings. The molecule has 3 atom stereocenters. The number of nitrogens with one attached hydrogen (secondary N) is 3. The molecule has 1 heterocycles. The maximum absolute atomic E-state index is 12.6. The summed E-state index contributed by atoms with van der Waals surface area (Å²) in [6, 6.07) is 5.64. The highest BCUT2D eigenvalue weighted by Gasteiger charge is 2.37. The summed E-state index contributed by atoms with van der Waals surface area (Å²) < 4.78 is 26.5. The third kappa shape index (κ3) is 4.27. The van der Waals surface area contributed by atoms with Gasteiger partial charge in [-0.25, -0.2) is 13.1 Å². The summed E-state index contributed by atoms with van der Waals surface area (Å²) in [6.07, 6.45) is 7.63. The molecule has 144 valence electrons. The minimum absolute atomic E-state index is 0.0390. The quantitative estimate of drug-likeness (QED) is 0.715. The highest BCUT2D eigenvalue weighted by molar-refractivity contribution is 7.89. The Morgan fingerprint density at radius 2 is 1.92 bits per heavy atom. The second kappa shape index (κ2) is 8.06. The fraction of sp³-hybridized carbons (Fsp3) is 0.632. The molecule has 0 radical (unpaired) electrons. The zero-order valence-corrected chi connectivity index (χ0v) is 16.5. The van der Waals surface area contributed by atoms with Crippen molar-refractivity contribution in [2.24, 2.45) is 5.92 Å². The third-order valence-electron chi connectivity index (χ3n) is 5.92. The molecule has 1 amide bonds. The number of carbonyl (C=O) groups is 1. The Morgan fingerprint density at radius 3 is 2.69 bits per heavy atom. The minimum Gasteiger partial charge on any atom is -0.324 e. The van der Waals surface area contributed by atoms with Crippen molar-refractivity contribution in [2.75, 3.05) is 25.5 Å². The summed E-state index contributed by atoms with van der Waals surface area (Å²) in [5, 5.41) is 2.90. The molecule has 1 saturated heterocycles. The van der Waals surface area contributed by atoms with Crippen molar-refractivity contribution in [1.82, 2.24) is 4.72 Å². The van der Waals surface area contributed by atoms with E-state index in [0.717, 1.165) is 12.5 Å². The molecule has 1 aliphatic heterocycles. The highest BCUT2D eigenvalue weighted by atomic mass is 32.2. The number of hydrogen-bond donors (Lipinski definition) is 3. The number of hydrogen-bond acceptors (Lipinski definition) is 3. The van der Waals surface area contributed by atoms with E-state index < -0.39 is 10.0 Å². The van der Waals surface area contributed by atoms with Crippen LogP contribution in [0.3, 0.4) is 0 Å². The van der Waals surface area contributed by atoms with Crippen LogP contribution in [0.5, 0.6) is 0 Å². The predicted molar refractivity (Wildman–Crippen MR) is 102 cm³/mol. The van der Waals surface area contributed by atoms with Crippen molar-refractivity contribution in [3.8, 4) is 0 Å². The van der Waals surface area contributed by atoms with Gasteiger partial charge in [-0.15, -0.1) is 0 Å². The fourth-order valence-electron chi connectivity index (χ4n) is 4.58. The summed E-state index contributed by atoms with van der Waals surface area (Å²) in [5.74, 6) is 0.731. The van der Waals surface area contributed by atoms with E-state index in [-0.39, 0.29) is 10.8 Å². The van der Waals surface area contributed by atoms with Crippen molar-refractivity contribution in [2.45, 2.75) is 56.4 Å². The van der Waals surface area contributed by atoms with Crippen molar-refractivity contribution >= 4 is 21.6 Å². The zero-order chi connectivity index (χ0) is 18.7. The molecule has 6 nitrogen and oxygen atoms in total. The van der Waals surface area contributed by atoms with Crippen molar-refractivity contribution < 1.29 is 18.1 Å². The molecule has 1 saturated carbocycles. The lowest BCUT2D eigenvalue weighted by molar-refractivity contribution is -0.928. The number of likely N-dealkylation sites (tertiary alicyclic amines) is 1. The molecule has 1 aromatic carbocycles. The van der Waals surface area contributed by atoms with Crippen LogP contribution in [0.15, 0.2) is 23.1 Å². The molecule has 2 aliphatic rings. The monoisotopic (exact) mass is 380 g/mol. The predicted octanol–water partition coefficient (Wildman–Crippen LogP) is 1.08. The second-order valence-corrected chi connectivity index (χ2v) is 9.47. The molecule has 0 bridgehead atoms. The van der Waals surface area contributed by atoms with Gasteiger partial charge in [0.1, 0.15) is 0 Å². The molecule has 3 rings (SSSR count). The summed E-state index contributed by atoms with van der Waals surface area (Å²) in [7, 11) is -2.15. The van der Waals surface area contributed by atoms with E-state index in [1.165, 1.54) is 56.5 Å². The number of benzene rings is 1. The molecule has 26 heavy (non-hydrogen) atoms. The maximum atomic E-state index is 12.6. The molecular formula is C19H30N3O3S+. The number of fused-ring (bicyclic) bond motifs is 1. The van der Waals surface area contributed by atoms with Crippen LogP contribution in [0.2, 0.25) is 0 Å². The normalized spacial score (nSPS) is 26.2. The standard InChI is InChI=1S/C19H29N3O3S/c1-14-9-10-16(12-18(14)26(24,25)20-2)21-19(23)13-22-11-5-7-15-6-3-4-8-17(15)22/h9-10,12,15,17,20H,3-8,11,13H2,1-2H3,(H,21,23)/p+1/t15-,17+/m1/s1. The molecule has 0 aromatic heterocycles. The van der Waals surface area contributed by atoms with Gasteiger partial charge in [0, 0.05) is 11.6 Å². The second-order valence-electron chi connectivity index (χ2n) is 7.61. The van der Waals surface area contributed by atoms with Gasteiger partial charge in [-0.05, 0) is 63.8 Å². The van der Waals surface area contributed by atoms with E-state index in [1.807, 2.05) is 0 Å². The maximum Gasteiger partial charge on any atom is 0.279 e. The number of quaternary nitrogens is 1. The highest BCUT2D eigenvalue weighted by Crippen LogP contribution is 2.28.